The van der Waals surface area contributed by atoms with Gasteiger partial charge in [-0.15, -0.1) is 0 Å². The summed E-state index contributed by atoms with van der Waals surface area (Å²) in [7, 11) is 0. The summed E-state index contributed by atoms with van der Waals surface area (Å²) in [6.07, 6.45) is 1.76. The van der Waals surface area contributed by atoms with E-state index in [4.69, 9.17) is 0 Å². The monoisotopic (exact) mass is 294 g/mol. The van der Waals surface area contributed by atoms with Crippen molar-refractivity contribution in [2.24, 2.45) is 0 Å². The standard InChI is InChI=1S/C19H22N2O/c1-13(2)14-7-10-16(11-8-14)20-19(22)18-12-9-15-5-3-4-6-17(15)21-18/h3-8,10-11,13,18,21H,9,12H2,1-2H3,(H,20,22). The number of para-hydroxylation sites is 1. The van der Waals surface area contributed by atoms with Crippen LogP contribution in [0.4, 0.5) is 11.4 Å². The molecule has 0 fully saturated rings. The summed E-state index contributed by atoms with van der Waals surface area (Å²) in [6, 6.07) is 16.1. The Labute approximate surface area is 131 Å². The molecule has 3 heteroatoms. The number of amides is 1. The van der Waals surface area contributed by atoms with Gasteiger partial charge in [0.05, 0.1) is 0 Å². The smallest absolute Gasteiger partial charge is 0.246 e. The molecule has 3 nitrogen and oxygen atoms in total. The number of rotatable bonds is 3. The van der Waals surface area contributed by atoms with Crippen LogP contribution in [0.15, 0.2) is 48.5 Å². The molecule has 0 saturated heterocycles. The van der Waals surface area contributed by atoms with E-state index in [1.165, 1.54) is 11.1 Å². The molecule has 114 valence electrons. The molecular formula is C19H22N2O. The average molecular weight is 294 g/mol. The molecular weight excluding hydrogens is 272 g/mol. The summed E-state index contributed by atoms with van der Waals surface area (Å²) in [6.45, 7) is 4.33. The Hall–Kier alpha value is -2.29. The van der Waals surface area contributed by atoms with Gasteiger partial charge in [-0.2, -0.15) is 0 Å². The van der Waals surface area contributed by atoms with Gasteiger partial charge in [-0.05, 0) is 48.1 Å². The number of nitrogens with one attached hydrogen (secondary N) is 2. The van der Waals surface area contributed by atoms with E-state index in [0.29, 0.717) is 5.92 Å². The zero-order valence-corrected chi connectivity index (χ0v) is 13.1. The van der Waals surface area contributed by atoms with Crippen LogP contribution in [0.3, 0.4) is 0 Å². The normalized spacial score (nSPS) is 16.8. The van der Waals surface area contributed by atoms with E-state index in [1.54, 1.807) is 0 Å². The lowest BCUT2D eigenvalue weighted by molar-refractivity contribution is -0.117. The molecule has 22 heavy (non-hydrogen) atoms. The second kappa shape index (κ2) is 6.22. The van der Waals surface area contributed by atoms with Crippen LogP contribution in [0.2, 0.25) is 0 Å². The van der Waals surface area contributed by atoms with Crippen molar-refractivity contribution in [3.63, 3.8) is 0 Å². The first-order chi connectivity index (χ1) is 10.6. The van der Waals surface area contributed by atoms with Gasteiger partial charge in [-0.3, -0.25) is 4.79 Å². The van der Waals surface area contributed by atoms with Crippen LogP contribution in [0.25, 0.3) is 0 Å². The van der Waals surface area contributed by atoms with Crippen molar-refractivity contribution < 1.29 is 4.79 Å². The quantitative estimate of drug-likeness (QED) is 0.891. The van der Waals surface area contributed by atoms with Crippen LogP contribution < -0.4 is 10.6 Å². The second-order valence-corrected chi connectivity index (χ2v) is 6.16. The third-order valence-corrected chi connectivity index (χ3v) is 4.21. The highest BCUT2D eigenvalue weighted by atomic mass is 16.2. The number of carbonyl (C=O) groups is 1. The van der Waals surface area contributed by atoms with Crippen molar-refractivity contribution >= 4 is 17.3 Å². The van der Waals surface area contributed by atoms with E-state index in [-0.39, 0.29) is 11.9 Å². The van der Waals surface area contributed by atoms with E-state index in [2.05, 4.69) is 42.7 Å². The molecule has 2 N–H and O–H groups in total. The molecule has 2 aromatic carbocycles. The summed E-state index contributed by atoms with van der Waals surface area (Å²) < 4.78 is 0. The van der Waals surface area contributed by atoms with Gasteiger partial charge in [-0.25, -0.2) is 0 Å². The largest absolute Gasteiger partial charge is 0.373 e. The van der Waals surface area contributed by atoms with E-state index in [0.717, 1.165) is 24.2 Å². The number of aryl methyl sites for hydroxylation is 1. The van der Waals surface area contributed by atoms with Crippen LogP contribution in [0.1, 0.15) is 37.3 Å². The predicted octanol–water partition coefficient (Wildman–Crippen LogP) is 4.18. The number of hydrogen-bond donors (Lipinski definition) is 2. The Morgan fingerprint density at radius 2 is 1.86 bits per heavy atom. The summed E-state index contributed by atoms with van der Waals surface area (Å²) in [4.78, 5) is 12.4. The molecule has 0 bridgehead atoms. The van der Waals surface area contributed by atoms with Crippen LogP contribution in [0.5, 0.6) is 0 Å². The van der Waals surface area contributed by atoms with Crippen molar-refractivity contribution in [3.8, 4) is 0 Å². The zero-order valence-electron chi connectivity index (χ0n) is 13.1. The SMILES string of the molecule is CC(C)c1ccc(NC(=O)C2CCc3ccccc3N2)cc1. The fourth-order valence-electron chi connectivity index (χ4n) is 2.82. The molecule has 1 amide bonds. The molecule has 2 aromatic rings. The van der Waals surface area contributed by atoms with Crippen molar-refractivity contribution in [2.75, 3.05) is 10.6 Å². The van der Waals surface area contributed by atoms with Crippen LogP contribution in [-0.2, 0) is 11.2 Å². The van der Waals surface area contributed by atoms with Crippen molar-refractivity contribution in [2.45, 2.75) is 38.6 Å². The average Bonchev–Trinajstić information content (AvgIpc) is 2.55. The minimum Gasteiger partial charge on any atom is -0.373 e. The lowest BCUT2D eigenvalue weighted by Gasteiger charge is -2.26. The molecule has 0 radical (unpaired) electrons. The van der Waals surface area contributed by atoms with Crippen LogP contribution in [-0.4, -0.2) is 11.9 Å². The van der Waals surface area contributed by atoms with Gasteiger partial charge >= 0.3 is 0 Å². The number of carbonyl (C=O) groups excluding carboxylic acids is 1. The fourth-order valence-corrected chi connectivity index (χ4v) is 2.82. The Morgan fingerprint density at radius 1 is 1.14 bits per heavy atom. The third kappa shape index (κ3) is 3.14. The van der Waals surface area contributed by atoms with Gasteiger partial charge in [0.15, 0.2) is 0 Å². The highest BCUT2D eigenvalue weighted by molar-refractivity contribution is 5.97. The molecule has 1 unspecified atom stereocenters. The van der Waals surface area contributed by atoms with Gasteiger partial charge < -0.3 is 10.6 Å². The lowest BCUT2D eigenvalue weighted by Crippen LogP contribution is -2.37. The number of benzene rings is 2. The second-order valence-electron chi connectivity index (χ2n) is 6.16. The first-order valence-corrected chi connectivity index (χ1v) is 7.89. The van der Waals surface area contributed by atoms with E-state index >= 15 is 0 Å². The molecule has 1 aliphatic heterocycles. The minimum absolute atomic E-state index is 0.0341. The highest BCUT2D eigenvalue weighted by Crippen LogP contribution is 2.25. The molecule has 0 spiro atoms. The Morgan fingerprint density at radius 3 is 2.59 bits per heavy atom. The van der Waals surface area contributed by atoms with Crippen molar-refractivity contribution in [1.82, 2.24) is 0 Å². The first kappa shape index (κ1) is 14.6. The topological polar surface area (TPSA) is 41.1 Å². The van der Waals surface area contributed by atoms with Gasteiger partial charge in [-0.1, -0.05) is 44.2 Å². The van der Waals surface area contributed by atoms with Gasteiger partial charge in [0.1, 0.15) is 6.04 Å². The third-order valence-electron chi connectivity index (χ3n) is 4.21. The summed E-state index contributed by atoms with van der Waals surface area (Å²) in [5.41, 5.74) is 4.50. The summed E-state index contributed by atoms with van der Waals surface area (Å²) in [5.74, 6) is 0.535. The number of anilines is 2. The van der Waals surface area contributed by atoms with Gasteiger partial charge in [0.2, 0.25) is 5.91 Å². The number of hydrogen-bond acceptors (Lipinski definition) is 2. The lowest BCUT2D eigenvalue weighted by atomic mass is 9.97. The van der Waals surface area contributed by atoms with Crippen LogP contribution >= 0.6 is 0 Å². The molecule has 1 aliphatic rings. The molecule has 1 heterocycles. The van der Waals surface area contributed by atoms with Gasteiger partial charge in [0.25, 0.3) is 0 Å². The van der Waals surface area contributed by atoms with E-state index in [1.807, 2.05) is 30.3 Å². The maximum atomic E-state index is 12.4. The zero-order chi connectivity index (χ0) is 15.5. The first-order valence-electron chi connectivity index (χ1n) is 7.89. The molecule has 0 aliphatic carbocycles. The maximum absolute atomic E-state index is 12.4. The summed E-state index contributed by atoms with van der Waals surface area (Å²) >= 11 is 0. The highest BCUT2D eigenvalue weighted by Gasteiger charge is 2.23. The predicted molar refractivity (Wildman–Crippen MR) is 91.3 cm³/mol. The van der Waals surface area contributed by atoms with E-state index in [9.17, 15) is 4.79 Å². The fraction of sp³-hybridized carbons (Fsp3) is 0.316. The Balaban J connectivity index is 1.65. The summed E-state index contributed by atoms with van der Waals surface area (Å²) in [5, 5.41) is 6.34. The molecule has 0 saturated carbocycles. The molecule has 3 rings (SSSR count). The Kier molecular flexibility index (Phi) is 4.14. The minimum atomic E-state index is -0.167. The van der Waals surface area contributed by atoms with Crippen LogP contribution in [0, 0.1) is 0 Å². The Bertz CT molecular complexity index is 661. The number of fused-ring (bicyclic) bond motifs is 1. The van der Waals surface area contributed by atoms with E-state index < -0.39 is 0 Å². The maximum Gasteiger partial charge on any atom is 0.246 e. The van der Waals surface area contributed by atoms with Crippen molar-refractivity contribution in [1.29, 1.82) is 0 Å². The van der Waals surface area contributed by atoms with Crippen molar-refractivity contribution in [3.05, 3.63) is 59.7 Å². The molecule has 0 aromatic heterocycles. The van der Waals surface area contributed by atoms with Gasteiger partial charge in [0, 0.05) is 11.4 Å². The molecule has 1 atom stereocenters.